The summed E-state index contributed by atoms with van der Waals surface area (Å²) in [5.74, 6) is 0.244. The Bertz CT molecular complexity index is 731. The number of nitrogens with one attached hydrogen (secondary N) is 1. The summed E-state index contributed by atoms with van der Waals surface area (Å²) in [6.45, 7) is 4.36. The van der Waals surface area contributed by atoms with Crippen LogP contribution >= 0.6 is 0 Å². The Kier molecular flexibility index (Phi) is 5.85. The number of hydrogen-bond donors (Lipinski definition) is 1. The van der Waals surface area contributed by atoms with Crippen LogP contribution in [0.5, 0.6) is 0 Å². The van der Waals surface area contributed by atoms with Crippen LogP contribution in [0, 0.1) is 5.92 Å². The molecule has 0 radical (unpaired) electrons. The van der Waals surface area contributed by atoms with Crippen molar-refractivity contribution in [2.75, 3.05) is 26.3 Å². The van der Waals surface area contributed by atoms with Crippen LogP contribution in [-0.4, -0.2) is 43.2 Å². The van der Waals surface area contributed by atoms with Crippen molar-refractivity contribution in [2.24, 2.45) is 5.92 Å². The number of carbonyl (C=O) groups is 1. The Morgan fingerprint density at radius 1 is 0.963 bits per heavy atom. The molecule has 0 aromatic heterocycles. The van der Waals surface area contributed by atoms with E-state index in [1.807, 2.05) is 6.07 Å². The Hall–Kier alpha value is -2.17. The molecule has 4 nitrogen and oxygen atoms in total. The summed E-state index contributed by atoms with van der Waals surface area (Å²) in [5, 5.41) is 3.23. The first kappa shape index (κ1) is 18.2. The van der Waals surface area contributed by atoms with Gasteiger partial charge in [-0.15, -0.1) is 0 Å². The van der Waals surface area contributed by atoms with E-state index in [4.69, 9.17) is 4.74 Å². The topological polar surface area (TPSA) is 41.6 Å². The summed E-state index contributed by atoms with van der Waals surface area (Å²) in [6, 6.07) is 19.7. The quantitative estimate of drug-likeness (QED) is 0.883. The second-order valence-corrected chi connectivity index (χ2v) is 7.68. The van der Waals surface area contributed by atoms with Crippen LogP contribution in [0.25, 0.3) is 11.1 Å². The first-order valence-corrected chi connectivity index (χ1v) is 10.0. The van der Waals surface area contributed by atoms with Gasteiger partial charge < -0.3 is 10.1 Å². The SMILES string of the molecule is O=C(NC1CCN(Cc2ccc(-c3ccccc3)cc2)CC1)[C@H]1CCOC1. The van der Waals surface area contributed by atoms with Gasteiger partial charge in [-0.25, -0.2) is 0 Å². The largest absolute Gasteiger partial charge is 0.381 e. The van der Waals surface area contributed by atoms with Gasteiger partial charge in [0.15, 0.2) is 0 Å². The molecule has 0 bridgehead atoms. The molecular formula is C23H28N2O2. The fourth-order valence-corrected chi connectivity index (χ4v) is 3.99. The number of ether oxygens (including phenoxy) is 1. The van der Waals surface area contributed by atoms with E-state index in [1.54, 1.807) is 0 Å². The fourth-order valence-electron chi connectivity index (χ4n) is 3.99. The molecule has 0 aliphatic carbocycles. The molecule has 0 saturated carbocycles. The third kappa shape index (κ3) is 4.76. The lowest BCUT2D eigenvalue weighted by atomic mass is 10.0. The molecule has 4 rings (SSSR count). The Morgan fingerprint density at radius 3 is 2.33 bits per heavy atom. The number of hydrogen-bond acceptors (Lipinski definition) is 3. The van der Waals surface area contributed by atoms with Crippen molar-refractivity contribution in [3.05, 3.63) is 60.2 Å². The third-order valence-electron chi connectivity index (χ3n) is 5.70. The first-order chi connectivity index (χ1) is 13.3. The van der Waals surface area contributed by atoms with Gasteiger partial charge in [0.25, 0.3) is 0 Å². The Balaban J connectivity index is 1.25. The Labute approximate surface area is 161 Å². The molecule has 2 aromatic rings. The van der Waals surface area contributed by atoms with Crippen molar-refractivity contribution in [3.8, 4) is 11.1 Å². The molecule has 2 aliphatic heterocycles. The Morgan fingerprint density at radius 2 is 1.67 bits per heavy atom. The molecule has 142 valence electrons. The van der Waals surface area contributed by atoms with E-state index in [0.717, 1.165) is 45.5 Å². The number of benzene rings is 2. The minimum Gasteiger partial charge on any atom is -0.381 e. The molecule has 1 N–H and O–H groups in total. The summed E-state index contributed by atoms with van der Waals surface area (Å²) in [4.78, 5) is 14.7. The first-order valence-electron chi connectivity index (χ1n) is 10.0. The number of carbonyl (C=O) groups excluding carboxylic acids is 1. The van der Waals surface area contributed by atoms with Crippen molar-refractivity contribution >= 4 is 5.91 Å². The van der Waals surface area contributed by atoms with Crippen molar-refractivity contribution < 1.29 is 9.53 Å². The molecule has 4 heteroatoms. The highest BCUT2D eigenvalue weighted by atomic mass is 16.5. The highest BCUT2D eigenvalue weighted by Crippen LogP contribution is 2.21. The van der Waals surface area contributed by atoms with Gasteiger partial charge in [0.1, 0.15) is 0 Å². The third-order valence-corrected chi connectivity index (χ3v) is 5.70. The fraction of sp³-hybridized carbons (Fsp3) is 0.435. The zero-order chi connectivity index (χ0) is 18.5. The molecule has 2 aliphatic rings. The lowest BCUT2D eigenvalue weighted by Crippen LogP contribution is -2.46. The van der Waals surface area contributed by atoms with Gasteiger partial charge in [0.2, 0.25) is 5.91 Å². The molecule has 0 spiro atoms. The molecule has 2 fully saturated rings. The van der Waals surface area contributed by atoms with Crippen LogP contribution in [0.1, 0.15) is 24.8 Å². The number of rotatable bonds is 5. The maximum Gasteiger partial charge on any atom is 0.225 e. The van der Waals surface area contributed by atoms with Crippen LogP contribution in [-0.2, 0) is 16.1 Å². The van der Waals surface area contributed by atoms with Crippen LogP contribution in [0.2, 0.25) is 0 Å². The summed E-state index contributed by atoms with van der Waals surface area (Å²) >= 11 is 0. The van der Waals surface area contributed by atoms with E-state index >= 15 is 0 Å². The molecule has 1 amide bonds. The zero-order valence-electron chi connectivity index (χ0n) is 15.8. The number of nitrogens with zero attached hydrogens (tertiary/aromatic N) is 1. The highest BCUT2D eigenvalue weighted by Gasteiger charge is 2.27. The lowest BCUT2D eigenvalue weighted by molar-refractivity contribution is -0.126. The standard InChI is InChI=1S/C23H28N2O2/c26-23(21-12-15-27-17-21)24-22-10-13-25(14-11-22)16-18-6-8-20(9-7-18)19-4-2-1-3-5-19/h1-9,21-22H,10-17H2,(H,24,26)/t21-/m0/s1. The van der Waals surface area contributed by atoms with Crippen LogP contribution < -0.4 is 5.32 Å². The minimum absolute atomic E-state index is 0.0613. The van der Waals surface area contributed by atoms with E-state index in [9.17, 15) is 4.79 Å². The summed E-state index contributed by atoms with van der Waals surface area (Å²) in [5.41, 5.74) is 3.87. The normalized spacial score (nSPS) is 21.3. The number of amides is 1. The van der Waals surface area contributed by atoms with Crippen molar-refractivity contribution in [2.45, 2.75) is 31.8 Å². The second-order valence-electron chi connectivity index (χ2n) is 7.68. The average Bonchev–Trinajstić information content (AvgIpc) is 3.26. The van der Waals surface area contributed by atoms with Gasteiger partial charge in [-0.1, -0.05) is 54.6 Å². The smallest absolute Gasteiger partial charge is 0.225 e. The van der Waals surface area contributed by atoms with Crippen molar-refractivity contribution in [1.29, 1.82) is 0 Å². The van der Waals surface area contributed by atoms with E-state index < -0.39 is 0 Å². The van der Waals surface area contributed by atoms with E-state index in [2.05, 4.69) is 58.7 Å². The molecule has 2 aromatic carbocycles. The highest BCUT2D eigenvalue weighted by molar-refractivity contribution is 5.79. The van der Waals surface area contributed by atoms with E-state index in [0.29, 0.717) is 12.6 Å². The molecular weight excluding hydrogens is 336 g/mol. The maximum atomic E-state index is 12.2. The van der Waals surface area contributed by atoms with Crippen LogP contribution in [0.4, 0.5) is 0 Å². The average molecular weight is 364 g/mol. The molecule has 0 unspecified atom stereocenters. The van der Waals surface area contributed by atoms with Crippen LogP contribution in [0.3, 0.4) is 0 Å². The lowest BCUT2D eigenvalue weighted by Gasteiger charge is -2.32. The maximum absolute atomic E-state index is 12.2. The predicted octanol–water partition coefficient (Wildman–Crippen LogP) is 3.47. The zero-order valence-corrected chi connectivity index (χ0v) is 15.8. The van der Waals surface area contributed by atoms with Gasteiger partial charge in [-0.3, -0.25) is 9.69 Å². The number of piperidine rings is 1. The monoisotopic (exact) mass is 364 g/mol. The molecule has 27 heavy (non-hydrogen) atoms. The number of likely N-dealkylation sites (tertiary alicyclic amines) is 1. The van der Waals surface area contributed by atoms with Gasteiger partial charge >= 0.3 is 0 Å². The van der Waals surface area contributed by atoms with Gasteiger partial charge in [-0.2, -0.15) is 0 Å². The predicted molar refractivity (Wildman–Crippen MR) is 107 cm³/mol. The van der Waals surface area contributed by atoms with Crippen molar-refractivity contribution in [1.82, 2.24) is 10.2 Å². The molecule has 2 saturated heterocycles. The molecule has 2 heterocycles. The van der Waals surface area contributed by atoms with E-state index in [1.165, 1.54) is 16.7 Å². The van der Waals surface area contributed by atoms with Gasteiger partial charge in [-0.05, 0) is 36.0 Å². The second kappa shape index (κ2) is 8.68. The van der Waals surface area contributed by atoms with Gasteiger partial charge in [0, 0.05) is 32.3 Å². The summed E-state index contributed by atoms with van der Waals surface area (Å²) < 4.78 is 5.32. The minimum atomic E-state index is 0.0613. The summed E-state index contributed by atoms with van der Waals surface area (Å²) in [7, 11) is 0. The molecule has 1 atom stereocenters. The van der Waals surface area contributed by atoms with Crippen molar-refractivity contribution in [3.63, 3.8) is 0 Å². The van der Waals surface area contributed by atoms with Crippen LogP contribution in [0.15, 0.2) is 54.6 Å². The van der Waals surface area contributed by atoms with E-state index in [-0.39, 0.29) is 11.8 Å². The summed E-state index contributed by atoms with van der Waals surface area (Å²) in [6.07, 6.45) is 2.92. The van der Waals surface area contributed by atoms with Gasteiger partial charge in [0.05, 0.1) is 12.5 Å².